The molecule has 1 unspecified atom stereocenters. The van der Waals surface area contributed by atoms with Crippen LogP contribution in [0.1, 0.15) is 32.4 Å². The van der Waals surface area contributed by atoms with E-state index >= 15 is 0 Å². The number of aliphatic hydroxyl groups is 1. The van der Waals surface area contributed by atoms with Crippen molar-refractivity contribution in [1.29, 1.82) is 0 Å². The zero-order valence-electron chi connectivity index (χ0n) is 12.0. The van der Waals surface area contributed by atoms with E-state index in [1.807, 2.05) is 13.8 Å². The molecule has 0 aliphatic carbocycles. The van der Waals surface area contributed by atoms with Gasteiger partial charge < -0.3 is 19.3 Å². The number of hydrogen-bond acceptors (Lipinski definition) is 5. The van der Waals surface area contributed by atoms with Gasteiger partial charge in [0.15, 0.2) is 17.6 Å². The summed E-state index contributed by atoms with van der Waals surface area (Å²) in [6.45, 7) is 7.09. The van der Waals surface area contributed by atoms with E-state index in [1.165, 1.54) is 0 Å². The lowest BCUT2D eigenvalue weighted by molar-refractivity contribution is -0.153. The van der Waals surface area contributed by atoms with E-state index in [2.05, 4.69) is 0 Å². The first-order valence-corrected chi connectivity index (χ1v) is 6.67. The van der Waals surface area contributed by atoms with Crippen LogP contribution in [0.15, 0.2) is 18.2 Å². The summed E-state index contributed by atoms with van der Waals surface area (Å²) in [7, 11) is 0. The molecule has 110 valence electrons. The van der Waals surface area contributed by atoms with Crippen molar-refractivity contribution in [1.82, 2.24) is 0 Å². The molecular weight excluding hydrogens is 260 g/mol. The molecule has 0 amide bonds. The molecule has 1 atom stereocenters. The highest BCUT2D eigenvalue weighted by Gasteiger charge is 2.27. The minimum Gasteiger partial charge on any atom is -0.489 e. The van der Waals surface area contributed by atoms with Crippen LogP contribution in [0, 0.1) is 5.41 Å². The van der Waals surface area contributed by atoms with E-state index < -0.39 is 12.1 Å². The van der Waals surface area contributed by atoms with Crippen LogP contribution in [0.4, 0.5) is 0 Å². The van der Waals surface area contributed by atoms with Crippen LogP contribution in [-0.4, -0.2) is 30.9 Å². The van der Waals surface area contributed by atoms with Gasteiger partial charge in [0.1, 0.15) is 0 Å². The van der Waals surface area contributed by atoms with Gasteiger partial charge in [0, 0.05) is 5.41 Å². The number of esters is 1. The smallest absolute Gasteiger partial charge is 0.339 e. The van der Waals surface area contributed by atoms with E-state index in [9.17, 15) is 9.90 Å². The SMILES string of the molecule is CCOC(=O)C(O)c1ccc2c(c1)OCC(C)(C)CO2. The van der Waals surface area contributed by atoms with Crippen LogP contribution in [0.5, 0.6) is 11.5 Å². The Labute approximate surface area is 118 Å². The summed E-state index contributed by atoms with van der Waals surface area (Å²) < 4.78 is 16.2. The Morgan fingerprint density at radius 1 is 1.35 bits per heavy atom. The number of carbonyl (C=O) groups is 1. The highest BCUT2D eigenvalue weighted by Crippen LogP contribution is 2.35. The monoisotopic (exact) mass is 280 g/mol. The quantitative estimate of drug-likeness (QED) is 0.859. The Bertz CT molecular complexity index is 495. The van der Waals surface area contributed by atoms with E-state index in [0.717, 1.165) is 0 Å². The molecule has 1 heterocycles. The second-order valence-electron chi connectivity index (χ2n) is 5.60. The van der Waals surface area contributed by atoms with E-state index in [-0.39, 0.29) is 12.0 Å². The lowest BCUT2D eigenvalue weighted by atomic mass is 9.97. The molecule has 0 spiro atoms. The normalized spacial score (nSPS) is 18.0. The number of hydrogen-bond donors (Lipinski definition) is 1. The molecule has 1 aromatic rings. The minimum absolute atomic E-state index is 0.0844. The molecule has 20 heavy (non-hydrogen) atoms. The molecule has 1 N–H and O–H groups in total. The molecule has 0 saturated carbocycles. The number of aliphatic hydroxyl groups excluding tert-OH is 1. The van der Waals surface area contributed by atoms with Crippen molar-refractivity contribution in [2.24, 2.45) is 5.41 Å². The fourth-order valence-corrected chi connectivity index (χ4v) is 1.87. The molecule has 0 radical (unpaired) electrons. The molecule has 1 aromatic carbocycles. The maximum absolute atomic E-state index is 11.5. The van der Waals surface area contributed by atoms with Crippen LogP contribution >= 0.6 is 0 Å². The van der Waals surface area contributed by atoms with Gasteiger partial charge in [0.25, 0.3) is 0 Å². The molecule has 1 aliphatic heterocycles. The lowest BCUT2D eigenvalue weighted by Crippen LogP contribution is -2.26. The van der Waals surface area contributed by atoms with Crippen molar-refractivity contribution in [2.75, 3.05) is 19.8 Å². The molecule has 5 nitrogen and oxygen atoms in total. The number of ether oxygens (including phenoxy) is 3. The minimum atomic E-state index is -1.31. The van der Waals surface area contributed by atoms with Gasteiger partial charge in [0.2, 0.25) is 0 Å². The van der Waals surface area contributed by atoms with Crippen molar-refractivity contribution in [3.05, 3.63) is 23.8 Å². The van der Waals surface area contributed by atoms with Gasteiger partial charge in [-0.05, 0) is 24.6 Å². The van der Waals surface area contributed by atoms with Crippen molar-refractivity contribution >= 4 is 5.97 Å². The van der Waals surface area contributed by atoms with Crippen LogP contribution < -0.4 is 9.47 Å². The van der Waals surface area contributed by atoms with E-state index in [1.54, 1.807) is 25.1 Å². The maximum atomic E-state index is 11.5. The van der Waals surface area contributed by atoms with Crippen molar-refractivity contribution in [2.45, 2.75) is 26.9 Å². The largest absolute Gasteiger partial charge is 0.489 e. The molecule has 0 bridgehead atoms. The highest BCUT2D eigenvalue weighted by molar-refractivity contribution is 5.76. The summed E-state index contributed by atoms with van der Waals surface area (Å²) in [5.41, 5.74) is 0.351. The fraction of sp³-hybridized carbons (Fsp3) is 0.533. The molecule has 0 aromatic heterocycles. The Hall–Kier alpha value is -1.75. The fourth-order valence-electron chi connectivity index (χ4n) is 1.87. The number of fused-ring (bicyclic) bond motifs is 1. The summed E-state index contributed by atoms with van der Waals surface area (Å²) >= 11 is 0. The number of benzene rings is 1. The summed E-state index contributed by atoms with van der Waals surface area (Å²) in [4.78, 5) is 11.5. The van der Waals surface area contributed by atoms with Gasteiger partial charge in [-0.3, -0.25) is 0 Å². The van der Waals surface area contributed by atoms with Gasteiger partial charge in [0.05, 0.1) is 19.8 Å². The predicted octanol–water partition coefficient (Wildman–Crippen LogP) is 2.08. The third kappa shape index (κ3) is 3.22. The highest BCUT2D eigenvalue weighted by atomic mass is 16.5. The van der Waals surface area contributed by atoms with E-state index in [4.69, 9.17) is 14.2 Å². The second kappa shape index (κ2) is 5.71. The molecule has 0 saturated heterocycles. The zero-order valence-corrected chi connectivity index (χ0v) is 12.0. The van der Waals surface area contributed by atoms with Crippen molar-refractivity contribution in [3.8, 4) is 11.5 Å². The second-order valence-corrected chi connectivity index (χ2v) is 5.60. The molecule has 0 fully saturated rings. The molecule has 1 aliphatic rings. The van der Waals surface area contributed by atoms with Crippen LogP contribution in [0.2, 0.25) is 0 Å². The van der Waals surface area contributed by atoms with Crippen LogP contribution in [0.25, 0.3) is 0 Å². The Morgan fingerprint density at radius 2 is 2.00 bits per heavy atom. The van der Waals surface area contributed by atoms with Crippen molar-refractivity contribution in [3.63, 3.8) is 0 Å². The average Bonchev–Trinajstić information content (AvgIpc) is 2.57. The van der Waals surface area contributed by atoms with Crippen LogP contribution in [-0.2, 0) is 9.53 Å². The van der Waals surface area contributed by atoms with Gasteiger partial charge in [-0.2, -0.15) is 0 Å². The molecular formula is C15H20O5. The van der Waals surface area contributed by atoms with Gasteiger partial charge >= 0.3 is 5.97 Å². The molecule has 2 rings (SSSR count). The third-order valence-electron chi connectivity index (χ3n) is 3.03. The van der Waals surface area contributed by atoms with Gasteiger partial charge in [-0.15, -0.1) is 0 Å². The summed E-state index contributed by atoms with van der Waals surface area (Å²) in [6, 6.07) is 4.97. The topological polar surface area (TPSA) is 65.0 Å². The average molecular weight is 280 g/mol. The van der Waals surface area contributed by atoms with E-state index in [0.29, 0.717) is 30.3 Å². The first kappa shape index (κ1) is 14.7. The zero-order chi connectivity index (χ0) is 14.8. The Morgan fingerprint density at radius 3 is 2.65 bits per heavy atom. The Kier molecular flexibility index (Phi) is 4.18. The van der Waals surface area contributed by atoms with Gasteiger partial charge in [-0.1, -0.05) is 19.9 Å². The number of carbonyl (C=O) groups excluding carboxylic acids is 1. The maximum Gasteiger partial charge on any atom is 0.339 e. The first-order chi connectivity index (χ1) is 9.43. The predicted molar refractivity (Wildman–Crippen MR) is 72.8 cm³/mol. The van der Waals surface area contributed by atoms with Crippen LogP contribution in [0.3, 0.4) is 0 Å². The standard InChI is InChI=1S/C15H20O5/c1-4-18-14(17)13(16)10-5-6-11-12(7-10)20-9-15(2,3)8-19-11/h5-7,13,16H,4,8-9H2,1-3H3. The first-order valence-electron chi connectivity index (χ1n) is 6.67. The lowest BCUT2D eigenvalue weighted by Gasteiger charge is -2.19. The summed E-state index contributed by atoms with van der Waals surface area (Å²) in [5, 5.41) is 9.92. The third-order valence-corrected chi connectivity index (χ3v) is 3.03. The van der Waals surface area contributed by atoms with Crippen molar-refractivity contribution < 1.29 is 24.1 Å². The number of rotatable bonds is 3. The summed E-state index contributed by atoms with van der Waals surface area (Å²) in [5.74, 6) is 0.495. The van der Waals surface area contributed by atoms with Gasteiger partial charge in [-0.25, -0.2) is 4.79 Å². The summed E-state index contributed by atoms with van der Waals surface area (Å²) in [6.07, 6.45) is -1.31. The molecule has 5 heteroatoms. The Balaban J connectivity index is 2.20.